The molecule has 1 atom stereocenters. The Morgan fingerprint density at radius 3 is 2.38 bits per heavy atom. The highest BCUT2D eigenvalue weighted by molar-refractivity contribution is 6.08. The molecule has 0 aliphatic carbocycles. The van der Waals surface area contributed by atoms with Crippen LogP contribution in [0.5, 0.6) is 5.75 Å². The SMILES string of the molecule is CN1CC(C(=O)Nc2ccccc2OC(F)(F)C(F)F)(C(F)(F)F)C=N1. The zero-order valence-corrected chi connectivity index (χ0v) is 13.0. The van der Waals surface area contributed by atoms with Crippen molar-refractivity contribution in [3.05, 3.63) is 24.3 Å². The van der Waals surface area contributed by atoms with Crippen LogP contribution in [0, 0.1) is 5.41 Å². The van der Waals surface area contributed by atoms with E-state index in [1.165, 1.54) is 13.1 Å². The third-order valence-corrected chi connectivity index (χ3v) is 3.50. The molecule has 1 unspecified atom stereocenters. The van der Waals surface area contributed by atoms with Gasteiger partial charge < -0.3 is 10.1 Å². The molecule has 1 N–H and O–H groups in total. The van der Waals surface area contributed by atoms with Gasteiger partial charge in [0.2, 0.25) is 5.91 Å². The number of anilines is 1. The Kier molecular flexibility index (Phi) is 5.06. The lowest BCUT2D eigenvalue weighted by Gasteiger charge is -2.28. The fraction of sp³-hybridized carbons (Fsp3) is 0.429. The highest BCUT2D eigenvalue weighted by Crippen LogP contribution is 2.42. The maximum absolute atomic E-state index is 13.4. The Morgan fingerprint density at radius 1 is 1.27 bits per heavy atom. The summed E-state index contributed by atoms with van der Waals surface area (Å²) >= 11 is 0. The van der Waals surface area contributed by atoms with Crippen LogP contribution in [0.2, 0.25) is 0 Å². The normalized spacial score (nSPS) is 20.6. The first-order valence-electron chi connectivity index (χ1n) is 6.97. The van der Waals surface area contributed by atoms with E-state index in [-0.39, 0.29) is 0 Å². The Labute approximate surface area is 142 Å². The maximum atomic E-state index is 13.4. The van der Waals surface area contributed by atoms with Crippen LogP contribution in [-0.2, 0) is 4.79 Å². The Balaban J connectivity index is 2.31. The summed E-state index contributed by atoms with van der Waals surface area (Å²) in [6.07, 6.45) is -13.7. The van der Waals surface area contributed by atoms with Crippen LogP contribution in [0.1, 0.15) is 0 Å². The molecule has 0 fully saturated rings. The Bertz CT molecular complexity index is 708. The summed E-state index contributed by atoms with van der Waals surface area (Å²) in [5.74, 6) is -2.53. The van der Waals surface area contributed by atoms with Gasteiger partial charge in [-0.25, -0.2) is 0 Å². The number of nitrogens with one attached hydrogen (secondary N) is 1. The maximum Gasteiger partial charge on any atom is 0.461 e. The van der Waals surface area contributed by atoms with Gasteiger partial charge in [0.05, 0.1) is 18.4 Å². The van der Waals surface area contributed by atoms with Gasteiger partial charge in [0, 0.05) is 7.05 Å². The van der Waals surface area contributed by atoms with Gasteiger partial charge in [0.25, 0.3) is 0 Å². The average Bonchev–Trinajstić information content (AvgIpc) is 2.92. The average molecular weight is 387 g/mol. The third kappa shape index (κ3) is 3.68. The molecule has 1 aliphatic rings. The summed E-state index contributed by atoms with van der Waals surface area (Å²) in [5, 5.41) is 6.08. The number of carbonyl (C=O) groups excluding carboxylic acids is 1. The molecule has 0 saturated carbocycles. The molecule has 1 amide bonds. The molecule has 144 valence electrons. The van der Waals surface area contributed by atoms with Gasteiger partial charge >= 0.3 is 18.7 Å². The molecule has 1 aromatic carbocycles. The number of carbonyl (C=O) groups is 1. The highest BCUT2D eigenvalue weighted by Gasteiger charge is 2.62. The first-order chi connectivity index (χ1) is 11.9. The van der Waals surface area contributed by atoms with Crippen molar-refractivity contribution in [1.29, 1.82) is 0 Å². The molecule has 2 rings (SSSR count). The van der Waals surface area contributed by atoms with Crippen molar-refractivity contribution in [2.75, 3.05) is 18.9 Å². The first-order valence-corrected chi connectivity index (χ1v) is 6.97. The van der Waals surface area contributed by atoms with E-state index in [4.69, 9.17) is 0 Å². The van der Waals surface area contributed by atoms with Gasteiger partial charge in [-0.05, 0) is 12.1 Å². The minimum Gasteiger partial charge on any atom is -0.426 e. The Hall–Kier alpha value is -2.53. The molecule has 0 radical (unpaired) electrons. The van der Waals surface area contributed by atoms with Gasteiger partial charge in [0.15, 0.2) is 5.41 Å². The number of halogens is 7. The van der Waals surface area contributed by atoms with Gasteiger partial charge in [-0.15, -0.1) is 0 Å². The molecule has 1 heterocycles. The quantitative estimate of drug-likeness (QED) is 0.789. The summed E-state index contributed by atoms with van der Waals surface area (Å²) in [5.41, 5.74) is -3.65. The minimum absolute atomic E-state index is 0.388. The fourth-order valence-corrected chi connectivity index (χ4v) is 2.15. The number of amides is 1. The molecule has 1 aliphatic heterocycles. The lowest BCUT2D eigenvalue weighted by Crippen LogP contribution is -2.51. The summed E-state index contributed by atoms with van der Waals surface area (Å²) < 4.78 is 94.7. The largest absolute Gasteiger partial charge is 0.461 e. The second-order valence-electron chi connectivity index (χ2n) is 5.44. The highest BCUT2D eigenvalue weighted by atomic mass is 19.4. The number of hydrazone groups is 1. The zero-order valence-electron chi connectivity index (χ0n) is 13.0. The number of nitrogens with zero attached hydrogens (tertiary/aromatic N) is 2. The van der Waals surface area contributed by atoms with Crippen LogP contribution in [-0.4, -0.2) is 49.4 Å². The summed E-state index contributed by atoms with van der Waals surface area (Å²) in [7, 11) is 1.21. The van der Waals surface area contributed by atoms with Crippen molar-refractivity contribution in [1.82, 2.24) is 5.01 Å². The summed E-state index contributed by atoms with van der Waals surface area (Å²) in [6.45, 7) is -0.835. The third-order valence-electron chi connectivity index (χ3n) is 3.50. The van der Waals surface area contributed by atoms with Gasteiger partial charge in [-0.3, -0.25) is 9.80 Å². The Morgan fingerprint density at radius 2 is 1.88 bits per heavy atom. The van der Waals surface area contributed by atoms with Crippen LogP contribution in [0.15, 0.2) is 29.4 Å². The predicted molar refractivity (Wildman–Crippen MR) is 76.3 cm³/mol. The molecule has 0 spiro atoms. The molecule has 26 heavy (non-hydrogen) atoms. The smallest absolute Gasteiger partial charge is 0.426 e. The van der Waals surface area contributed by atoms with E-state index >= 15 is 0 Å². The van der Waals surface area contributed by atoms with Crippen LogP contribution < -0.4 is 10.1 Å². The molecular weight excluding hydrogens is 375 g/mol. The summed E-state index contributed by atoms with van der Waals surface area (Å²) in [4.78, 5) is 12.2. The van der Waals surface area contributed by atoms with Crippen molar-refractivity contribution in [2.45, 2.75) is 18.7 Å². The molecule has 5 nitrogen and oxygen atoms in total. The molecule has 0 saturated heterocycles. The van der Waals surface area contributed by atoms with E-state index < -0.39 is 48.0 Å². The fourth-order valence-electron chi connectivity index (χ4n) is 2.15. The van der Waals surface area contributed by atoms with Crippen LogP contribution in [0.3, 0.4) is 0 Å². The van der Waals surface area contributed by atoms with Crippen LogP contribution in [0.4, 0.5) is 36.4 Å². The number of ether oxygens (including phenoxy) is 1. The van der Waals surface area contributed by atoms with Crippen molar-refractivity contribution >= 4 is 17.8 Å². The van der Waals surface area contributed by atoms with E-state index in [9.17, 15) is 35.5 Å². The van der Waals surface area contributed by atoms with Crippen molar-refractivity contribution < 1.29 is 40.3 Å². The van der Waals surface area contributed by atoms with Gasteiger partial charge in [-0.2, -0.15) is 35.8 Å². The second-order valence-corrected chi connectivity index (χ2v) is 5.44. The number of para-hydroxylation sites is 2. The second kappa shape index (κ2) is 6.65. The molecule has 0 bridgehead atoms. The number of hydrogen-bond acceptors (Lipinski definition) is 4. The first kappa shape index (κ1) is 19.8. The van der Waals surface area contributed by atoms with Crippen LogP contribution in [0.25, 0.3) is 0 Å². The van der Waals surface area contributed by atoms with Gasteiger partial charge in [-0.1, -0.05) is 12.1 Å². The molecular formula is C14H12F7N3O2. The van der Waals surface area contributed by atoms with E-state index in [0.29, 0.717) is 6.21 Å². The predicted octanol–water partition coefficient (Wildman–Crippen LogP) is 3.34. The van der Waals surface area contributed by atoms with E-state index in [1.54, 1.807) is 5.32 Å². The zero-order chi connectivity index (χ0) is 19.8. The number of rotatable bonds is 5. The van der Waals surface area contributed by atoms with E-state index in [1.807, 2.05) is 0 Å². The number of alkyl halides is 7. The minimum atomic E-state index is -5.03. The number of hydrogen-bond donors (Lipinski definition) is 1. The molecule has 12 heteroatoms. The molecule has 0 aromatic heterocycles. The van der Waals surface area contributed by atoms with E-state index in [0.717, 1.165) is 23.2 Å². The van der Waals surface area contributed by atoms with Crippen LogP contribution >= 0.6 is 0 Å². The topological polar surface area (TPSA) is 53.9 Å². The van der Waals surface area contributed by atoms with Crippen molar-refractivity contribution in [2.24, 2.45) is 10.5 Å². The lowest BCUT2D eigenvalue weighted by atomic mass is 9.88. The van der Waals surface area contributed by atoms with Crippen molar-refractivity contribution in [3.8, 4) is 5.75 Å². The van der Waals surface area contributed by atoms with Crippen molar-refractivity contribution in [3.63, 3.8) is 0 Å². The monoisotopic (exact) mass is 387 g/mol. The standard InChI is InChI=1S/C14H12F7N3O2/c1-24-7-12(6-22-24,14(19,20)21)11(25)23-8-4-2-3-5-9(8)26-13(17,18)10(15)16/h2-6,10H,7H2,1H3,(H,23,25). The van der Waals surface area contributed by atoms with E-state index in [2.05, 4.69) is 9.84 Å². The molecule has 1 aromatic rings. The lowest BCUT2D eigenvalue weighted by molar-refractivity contribution is -0.252. The summed E-state index contributed by atoms with van der Waals surface area (Å²) in [6, 6.07) is 4.06. The van der Waals surface area contributed by atoms with Gasteiger partial charge in [0.1, 0.15) is 5.75 Å². The number of benzene rings is 1.